The number of nitro benzene ring substituents is 1. The van der Waals surface area contributed by atoms with E-state index in [2.05, 4.69) is 5.32 Å². The second kappa shape index (κ2) is 10.6. The van der Waals surface area contributed by atoms with Crippen molar-refractivity contribution in [2.24, 2.45) is 0 Å². The molecule has 0 atom stereocenters. The van der Waals surface area contributed by atoms with Crippen LogP contribution in [0.5, 0.6) is 0 Å². The van der Waals surface area contributed by atoms with Gasteiger partial charge < -0.3 is 5.32 Å². The van der Waals surface area contributed by atoms with E-state index in [1.165, 1.54) is 24.3 Å². The first-order valence-corrected chi connectivity index (χ1v) is 12.3. The van der Waals surface area contributed by atoms with Crippen molar-refractivity contribution < 1.29 is 22.5 Å². The Balaban J connectivity index is 1.70. The van der Waals surface area contributed by atoms with Gasteiger partial charge in [0, 0.05) is 24.2 Å². The summed E-state index contributed by atoms with van der Waals surface area (Å²) in [4.78, 5) is 22.9. The normalized spacial score (nSPS) is 11.1. The number of rotatable bonds is 9. The Morgan fingerprint density at radius 3 is 2.26 bits per heavy atom. The van der Waals surface area contributed by atoms with E-state index in [9.17, 15) is 27.7 Å². The maximum Gasteiger partial charge on any atom is 0.271 e. The fourth-order valence-corrected chi connectivity index (χ4v) is 4.35. The predicted molar refractivity (Wildman–Crippen MR) is 128 cm³/mol. The smallest absolute Gasteiger partial charge is 0.271 e. The third kappa shape index (κ3) is 6.52. The van der Waals surface area contributed by atoms with Crippen LogP contribution in [-0.2, 0) is 23.0 Å². The molecule has 0 radical (unpaired) electrons. The molecule has 3 aromatic rings. The zero-order valence-electron chi connectivity index (χ0n) is 18.1. The number of benzene rings is 3. The standard InChI is InChI=1S/C23H21ClFN3O5S/c1-34(32,33)27(22-14-20(28(30)31)10-11-21(22)24)15-17-2-6-18(7-3-17)23(29)26-13-12-16-4-8-19(25)9-5-16/h2-11,14H,12-13,15H2,1H3,(H,26,29). The number of carbonyl (C=O) groups is 1. The topological polar surface area (TPSA) is 110 Å². The van der Waals surface area contributed by atoms with E-state index in [1.807, 2.05) is 0 Å². The molecule has 0 aliphatic rings. The summed E-state index contributed by atoms with van der Waals surface area (Å²) in [6.45, 7) is 0.228. The molecule has 1 amide bonds. The minimum atomic E-state index is -3.83. The number of nitro groups is 1. The van der Waals surface area contributed by atoms with Crippen molar-refractivity contribution in [3.05, 3.63) is 104 Å². The molecule has 178 valence electrons. The number of amides is 1. The Bertz CT molecular complexity index is 1300. The molecule has 0 unspecified atom stereocenters. The highest BCUT2D eigenvalue weighted by Crippen LogP contribution is 2.32. The Kier molecular flexibility index (Phi) is 7.85. The van der Waals surface area contributed by atoms with Crippen molar-refractivity contribution in [2.45, 2.75) is 13.0 Å². The van der Waals surface area contributed by atoms with E-state index in [1.54, 1.807) is 36.4 Å². The second-order valence-corrected chi connectivity index (χ2v) is 9.81. The summed E-state index contributed by atoms with van der Waals surface area (Å²) < 4.78 is 38.8. The van der Waals surface area contributed by atoms with Gasteiger partial charge in [-0.1, -0.05) is 35.9 Å². The summed E-state index contributed by atoms with van der Waals surface area (Å²) in [5, 5.41) is 13.9. The number of nitrogens with one attached hydrogen (secondary N) is 1. The number of nitrogens with zero attached hydrogens (tertiary/aromatic N) is 2. The van der Waals surface area contributed by atoms with Gasteiger partial charge in [0.2, 0.25) is 10.0 Å². The van der Waals surface area contributed by atoms with Gasteiger partial charge in [-0.3, -0.25) is 19.2 Å². The summed E-state index contributed by atoms with van der Waals surface area (Å²) in [6, 6.07) is 15.9. The molecule has 0 aliphatic carbocycles. The lowest BCUT2D eigenvalue weighted by Crippen LogP contribution is -2.29. The average Bonchev–Trinajstić information content (AvgIpc) is 2.79. The molecule has 0 heterocycles. The van der Waals surface area contributed by atoms with Crippen molar-refractivity contribution in [3.63, 3.8) is 0 Å². The highest BCUT2D eigenvalue weighted by atomic mass is 35.5. The molecule has 0 saturated heterocycles. The Morgan fingerprint density at radius 2 is 1.68 bits per heavy atom. The lowest BCUT2D eigenvalue weighted by Gasteiger charge is -2.23. The van der Waals surface area contributed by atoms with Gasteiger partial charge in [0.25, 0.3) is 11.6 Å². The molecular formula is C23H21ClFN3O5S. The van der Waals surface area contributed by atoms with Crippen LogP contribution in [0.1, 0.15) is 21.5 Å². The first-order chi connectivity index (χ1) is 16.0. The minimum Gasteiger partial charge on any atom is -0.352 e. The maximum atomic E-state index is 13.0. The second-order valence-electron chi connectivity index (χ2n) is 7.49. The van der Waals surface area contributed by atoms with Crippen molar-refractivity contribution in [3.8, 4) is 0 Å². The number of halogens is 2. The van der Waals surface area contributed by atoms with E-state index in [0.29, 0.717) is 24.1 Å². The largest absolute Gasteiger partial charge is 0.352 e. The Labute approximate surface area is 201 Å². The van der Waals surface area contributed by atoms with Crippen LogP contribution < -0.4 is 9.62 Å². The number of carbonyl (C=O) groups excluding carboxylic acids is 1. The first kappa shape index (κ1) is 25.1. The number of hydrogen-bond donors (Lipinski definition) is 1. The third-order valence-corrected chi connectivity index (χ3v) is 6.41. The molecule has 1 N–H and O–H groups in total. The zero-order chi connectivity index (χ0) is 24.9. The molecule has 0 bridgehead atoms. The molecule has 0 fully saturated rings. The van der Waals surface area contributed by atoms with Gasteiger partial charge in [0.05, 0.1) is 28.4 Å². The van der Waals surface area contributed by atoms with Crippen LogP contribution in [0.25, 0.3) is 0 Å². The lowest BCUT2D eigenvalue weighted by atomic mass is 10.1. The highest BCUT2D eigenvalue weighted by Gasteiger charge is 2.23. The summed E-state index contributed by atoms with van der Waals surface area (Å²) in [5.41, 5.74) is 1.51. The molecule has 3 aromatic carbocycles. The molecule has 0 saturated carbocycles. The van der Waals surface area contributed by atoms with Crippen molar-refractivity contribution in [2.75, 3.05) is 17.1 Å². The first-order valence-electron chi connectivity index (χ1n) is 10.1. The van der Waals surface area contributed by atoms with Crippen molar-refractivity contribution in [1.82, 2.24) is 5.32 Å². The van der Waals surface area contributed by atoms with Crippen LogP contribution >= 0.6 is 11.6 Å². The molecule has 0 spiro atoms. The third-order valence-electron chi connectivity index (χ3n) is 4.96. The maximum absolute atomic E-state index is 13.0. The fraction of sp³-hybridized carbons (Fsp3) is 0.174. The number of anilines is 1. The van der Waals surface area contributed by atoms with E-state index >= 15 is 0 Å². The van der Waals surface area contributed by atoms with Gasteiger partial charge in [0.1, 0.15) is 5.82 Å². The lowest BCUT2D eigenvalue weighted by molar-refractivity contribution is -0.384. The Hall–Kier alpha value is -3.50. The summed E-state index contributed by atoms with van der Waals surface area (Å²) >= 11 is 6.13. The van der Waals surface area contributed by atoms with Crippen LogP contribution in [0, 0.1) is 15.9 Å². The quantitative estimate of drug-likeness (QED) is 0.344. The zero-order valence-corrected chi connectivity index (χ0v) is 19.6. The van der Waals surface area contributed by atoms with Crippen LogP contribution in [0.2, 0.25) is 5.02 Å². The molecule has 3 rings (SSSR count). The molecule has 0 aliphatic heterocycles. The number of sulfonamides is 1. The molecule has 8 nitrogen and oxygen atoms in total. The summed E-state index contributed by atoms with van der Waals surface area (Å²) in [5.74, 6) is -0.634. The fourth-order valence-electron chi connectivity index (χ4n) is 3.19. The molecule has 0 aromatic heterocycles. The van der Waals surface area contributed by atoms with Gasteiger partial charge in [0.15, 0.2) is 0 Å². The van der Waals surface area contributed by atoms with Crippen molar-refractivity contribution >= 4 is 38.9 Å². The number of non-ortho nitro benzene ring substituents is 1. The van der Waals surface area contributed by atoms with Gasteiger partial charge in [-0.2, -0.15) is 0 Å². The molecular weight excluding hydrogens is 485 g/mol. The monoisotopic (exact) mass is 505 g/mol. The van der Waals surface area contributed by atoms with E-state index in [0.717, 1.165) is 22.2 Å². The number of hydrogen-bond acceptors (Lipinski definition) is 5. The van der Waals surface area contributed by atoms with Gasteiger partial charge in [-0.15, -0.1) is 0 Å². The van der Waals surface area contributed by atoms with Gasteiger partial charge >= 0.3 is 0 Å². The van der Waals surface area contributed by atoms with Gasteiger partial charge in [-0.05, 0) is 47.9 Å². The highest BCUT2D eigenvalue weighted by molar-refractivity contribution is 7.92. The molecule has 11 heteroatoms. The van der Waals surface area contributed by atoms with Crippen LogP contribution in [0.15, 0.2) is 66.7 Å². The van der Waals surface area contributed by atoms with Crippen LogP contribution in [0.4, 0.5) is 15.8 Å². The average molecular weight is 506 g/mol. The molecule has 34 heavy (non-hydrogen) atoms. The summed E-state index contributed by atoms with van der Waals surface area (Å²) in [6.07, 6.45) is 1.52. The van der Waals surface area contributed by atoms with E-state index in [4.69, 9.17) is 11.6 Å². The van der Waals surface area contributed by atoms with Crippen LogP contribution in [0.3, 0.4) is 0 Å². The van der Waals surface area contributed by atoms with E-state index in [-0.39, 0.29) is 34.7 Å². The summed E-state index contributed by atoms with van der Waals surface area (Å²) in [7, 11) is -3.83. The van der Waals surface area contributed by atoms with Gasteiger partial charge in [-0.25, -0.2) is 12.8 Å². The predicted octanol–water partition coefficient (Wildman–Crippen LogP) is 4.33. The minimum absolute atomic E-state index is 0.0130. The Morgan fingerprint density at radius 1 is 1.06 bits per heavy atom. The van der Waals surface area contributed by atoms with Crippen LogP contribution in [-0.4, -0.2) is 32.0 Å². The van der Waals surface area contributed by atoms with Crippen molar-refractivity contribution in [1.29, 1.82) is 0 Å². The SMILES string of the molecule is CS(=O)(=O)N(Cc1ccc(C(=O)NCCc2ccc(F)cc2)cc1)c1cc([N+](=O)[O-])ccc1Cl. The van der Waals surface area contributed by atoms with E-state index < -0.39 is 14.9 Å².